The second-order valence-electron chi connectivity index (χ2n) is 0.608. The van der Waals surface area contributed by atoms with Gasteiger partial charge >= 0.3 is 0 Å². The maximum atomic E-state index is 10.5. The van der Waals surface area contributed by atoms with Crippen LogP contribution in [-0.4, -0.2) is 6.29 Å². The number of rotatable bonds is 2. The summed E-state index contributed by atoms with van der Waals surface area (Å²) < 4.78 is 20.9. The van der Waals surface area contributed by atoms with Gasteiger partial charge in [-0.15, -0.1) is 0 Å². The number of halogens is 2. The van der Waals surface area contributed by atoms with Crippen molar-refractivity contribution >= 4 is 0 Å². The molecule has 0 aliphatic carbocycles. The fourth-order valence-corrected chi connectivity index (χ4v) is 0.0137. The molecule has 1 radical (unpaired) electrons. The van der Waals surface area contributed by atoms with E-state index in [1.165, 1.54) is 0 Å². The van der Waals surface area contributed by atoms with Crippen LogP contribution in [0.5, 0.6) is 0 Å². The van der Waals surface area contributed by atoms with Crippen LogP contribution in [0.4, 0.5) is 9.05 Å². The fourth-order valence-electron chi connectivity index (χ4n) is 0.0137. The van der Waals surface area contributed by atoms with Crippen LogP contribution < -0.4 is 0 Å². The lowest BCUT2D eigenvalue weighted by atomic mass is 10.8. The molecule has 0 spiro atoms. The van der Waals surface area contributed by atoms with Gasteiger partial charge in [0, 0.05) is 6.92 Å². The Labute approximate surface area is 33.5 Å². The minimum atomic E-state index is -1.65. The molecule has 0 saturated heterocycles. The van der Waals surface area contributed by atoms with Gasteiger partial charge in [0.1, 0.15) is 0 Å². The standard InChI is InChI=1S/C2H3F2O2/c1-2(5-3)6-4/h2H,1H2. The van der Waals surface area contributed by atoms with E-state index in [0.717, 1.165) is 0 Å². The van der Waals surface area contributed by atoms with E-state index in [1.807, 2.05) is 0 Å². The lowest BCUT2D eigenvalue weighted by Gasteiger charge is -1.92. The van der Waals surface area contributed by atoms with Crippen molar-refractivity contribution in [3.8, 4) is 0 Å². The molecule has 0 atom stereocenters. The zero-order chi connectivity index (χ0) is 4.99. The summed E-state index contributed by atoms with van der Waals surface area (Å²) in [5.41, 5.74) is 0. The third-order valence-electron chi connectivity index (χ3n) is 0.199. The van der Waals surface area contributed by atoms with E-state index in [4.69, 9.17) is 0 Å². The second-order valence-corrected chi connectivity index (χ2v) is 0.608. The first kappa shape index (κ1) is 5.78. The molecule has 0 saturated carbocycles. The molecule has 37 valence electrons. The topological polar surface area (TPSA) is 18.5 Å². The van der Waals surface area contributed by atoms with E-state index in [1.54, 1.807) is 0 Å². The van der Waals surface area contributed by atoms with Gasteiger partial charge in [-0.1, -0.05) is 0 Å². The molecule has 0 rings (SSSR count). The fraction of sp³-hybridized carbons (Fsp3) is 0.500. The summed E-state index contributed by atoms with van der Waals surface area (Å²) >= 11 is 0. The smallest absolute Gasteiger partial charge is 0.158 e. The summed E-state index contributed by atoms with van der Waals surface area (Å²) in [4.78, 5) is 5.38. The average Bonchev–Trinajstić information content (AvgIpc) is 1.65. The molecule has 0 aliphatic rings. The molecule has 0 aliphatic heterocycles. The van der Waals surface area contributed by atoms with E-state index >= 15 is 0 Å². The molecule has 2 nitrogen and oxygen atoms in total. The van der Waals surface area contributed by atoms with Gasteiger partial charge in [-0.2, -0.15) is 9.88 Å². The third-order valence-corrected chi connectivity index (χ3v) is 0.199. The normalized spacial score (nSPS) is 10.0. The van der Waals surface area contributed by atoms with Crippen molar-refractivity contribution in [3.05, 3.63) is 6.92 Å². The van der Waals surface area contributed by atoms with E-state index < -0.39 is 6.29 Å². The average molecular weight is 97.0 g/mol. The highest BCUT2D eigenvalue weighted by Gasteiger charge is 1.97. The van der Waals surface area contributed by atoms with E-state index in [-0.39, 0.29) is 0 Å². The van der Waals surface area contributed by atoms with Crippen molar-refractivity contribution in [2.45, 2.75) is 6.29 Å². The number of hydrogen-bond acceptors (Lipinski definition) is 2. The molecule has 0 amide bonds. The van der Waals surface area contributed by atoms with Crippen LogP contribution in [0.2, 0.25) is 0 Å². The van der Waals surface area contributed by atoms with Gasteiger partial charge in [-0.25, -0.2) is 0 Å². The summed E-state index contributed by atoms with van der Waals surface area (Å²) in [7, 11) is 0. The summed E-state index contributed by atoms with van der Waals surface area (Å²) in [5, 5.41) is 0. The highest BCUT2D eigenvalue weighted by Crippen LogP contribution is 1.90. The first-order chi connectivity index (χ1) is 2.81. The Balaban J connectivity index is 2.75. The Morgan fingerprint density at radius 2 is 1.67 bits per heavy atom. The Kier molecular flexibility index (Phi) is 2.88. The van der Waals surface area contributed by atoms with E-state index in [0.29, 0.717) is 0 Å². The first-order valence-corrected chi connectivity index (χ1v) is 1.19. The molecule has 6 heavy (non-hydrogen) atoms. The third kappa shape index (κ3) is 2.04. The highest BCUT2D eigenvalue weighted by atomic mass is 19.3. The van der Waals surface area contributed by atoms with Crippen molar-refractivity contribution in [1.29, 1.82) is 0 Å². The minimum absolute atomic E-state index is 1.65. The van der Waals surface area contributed by atoms with Crippen molar-refractivity contribution in [2.75, 3.05) is 0 Å². The summed E-state index contributed by atoms with van der Waals surface area (Å²) in [6.45, 7) is 2.68. The Morgan fingerprint density at radius 1 is 1.33 bits per heavy atom. The van der Waals surface area contributed by atoms with Crippen LogP contribution in [0, 0.1) is 6.92 Å². The predicted molar refractivity (Wildman–Crippen MR) is 13.5 cm³/mol. The van der Waals surface area contributed by atoms with Crippen LogP contribution in [-0.2, 0) is 9.88 Å². The Hall–Kier alpha value is -0.220. The van der Waals surface area contributed by atoms with Crippen LogP contribution in [0.1, 0.15) is 0 Å². The van der Waals surface area contributed by atoms with Gasteiger partial charge in [-0.3, -0.25) is 0 Å². The van der Waals surface area contributed by atoms with Gasteiger partial charge in [0.05, 0.1) is 0 Å². The monoisotopic (exact) mass is 97.0 g/mol. The van der Waals surface area contributed by atoms with Crippen LogP contribution in [0.3, 0.4) is 0 Å². The lowest BCUT2D eigenvalue weighted by molar-refractivity contribution is -0.329. The minimum Gasteiger partial charge on any atom is -0.158 e. The molecule has 0 fully saturated rings. The van der Waals surface area contributed by atoms with Crippen molar-refractivity contribution < 1.29 is 18.9 Å². The first-order valence-electron chi connectivity index (χ1n) is 1.19. The van der Waals surface area contributed by atoms with Crippen LogP contribution in [0.25, 0.3) is 0 Å². The maximum absolute atomic E-state index is 10.5. The van der Waals surface area contributed by atoms with Crippen LogP contribution >= 0.6 is 0 Å². The van der Waals surface area contributed by atoms with E-state index in [9.17, 15) is 9.05 Å². The number of hydrogen-bond donors (Lipinski definition) is 0. The molecule has 0 heterocycles. The van der Waals surface area contributed by atoms with Crippen LogP contribution in [0.15, 0.2) is 0 Å². The second kappa shape index (κ2) is 2.99. The molecular formula is C2H3F2O2. The molecule has 0 unspecified atom stereocenters. The molecular weight excluding hydrogens is 94.0 g/mol. The van der Waals surface area contributed by atoms with Crippen molar-refractivity contribution in [3.63, 3.8) is 0 Å². The Morgan fingerprint density at radius 3 is 1.67 bits per heavy atom. The van der Waals surface area contributed by atoms with Gasteiger partial charge in [0.25, 0.3) is 0 Å². The molecule has 0 aromatic rings. The van der Waals surface area contributed by atoms with Gasteiger partial charge in [-0.05, 0) is 9.05 Å². The zero-order valence-corrected chi connectivity index (χ0v) is 2.86. The van der Waals surface area contributed by atoms with Gasteiger partial charge in [0.15, 0.2) is 0 Å². The molecule has 4 heteroatoms. The lowest BCUT2D eigenvalue weighted by Crippen LogP contribution is -2.00. The maximum Gasteiger partial charge on any atom is 0.235 e. The van der Waals surface area contributed by atoms with Gasteiger partial charge < -0.3 is 0 Å². The zero-order valence-electron chi connectivity index (χ0n) is 2.86. The van der Waals surface area contributed by atoms with Crippen molar-refractivity contribution in [1.82, 2.24) is 0 Å². The Bertz CT molecular complexity index is 28.7. The summed E-state index contributed by atoms with van der Waals surface area (Å²) in [6, 6.07) is 0. The van der Waals surface area contributed by atoms with Crippen molar-refractivity contribution in [2.24, 2.45) is 0 Å². The highest BCUT2D eigenvalue weighted by molar-refractivity contribution is 4.33. The predicted octanol–water partition coefficient (Wildman–Crippen LogP) is 0.949. The quantitative estimate of drug-likeness (QED) is 0.477. The SMILES string of the molecule is [CH2]C(OF)OF. The molecule has 0 N–H and O–H groups in total. The molecule has 0 bridgehead atoms. The molecule has 0 aromatic heterocycles. The summed E-state index contributed by atoms with van der Waals surface area (Å²) in [6.07, 6.45) is -1.65. The summed E-state index contributed by atoms with van der Waals surface area (Å²) in [5.74, 6) is 0. The van der Waals surface area contributed by atoms with E-state index in [2.05, 4.69) is 16.8 Å². The molecule has 0 aromatic carbocycles. The van der Waals surface area contributed by atoms with Gasteiger partial charge in [0.2, 0.25) is 6.29 Å². The largest absolute Gasteiger partial charge is 0.235 e.